The molecule has 4 rings (SSSR count). The SMILES string of the molecule is O=C(CNc1ccccc1F)N1N=C(c2ccc(Cl)cc2)CC1c1ccco1. The maximum Gasteiger partial charge on any atom is 0.262 e. The topological polar surface area (TPSA) is 57.8 Å². The molecule has 1 unspecified atom stereocenters. The van der Waals surface area contributed by atoms with Crippen molar-refractivity contribution in [2.75, 3.05) is 11.9 Å². The molecule has 2 heterocycles. The van der Waals surface area contributed by atoms with Gasteiger partial charge in [0.2, 0.25) is 0 Å². The summed E-state index contributed by atoms with van der Waals surface area (Å²) in [6, 6.07) is 16.8. The number of carbonyl (C=O) groups is 1. The van der Waals surface area contributed by atoms with E-state index in [1.54, 1.807) is 42.7 Å². The maximum absolute atomic E-state index is 13.8. The lowest BCUT2D eigenvalue weighted by Gasteiger charge is -2.20. The summed E-state index contributed by atoms with van der Waals surface area (Å²) >= 11 is 5.96. The number of halogens is 2. The summed E-state index contributed by atoms with van der Waals surface area (Å²) in [6.45, 7) is -0.0878. The van der Waals surface area contributed by atoms with Gasteiger partial charge in [0.15, 0.2) is 0 Å². The second-order valence-corrected chi connectivity index (χ2v) is 6.80. The number of nitrogens with zero attached hydrogens (tertiary/aromatic N) is 2. The molecule has 142 valence electrons. The highest BCUT2D eigenvalue weighted by molar-refractivity contribution is 6.30. The third kappa shape index (κ3) is 3.77. The smallest absolute Gasteiger partial charge is 0.262 e. The molecule has 1 amide bonds. The minimum Gasteiger partial charge on any atom is -0.467 e. The molecule has 1 aromatic heterocycles. The first-order valence-corrected chi connectivity index (χ1v) is 9.17. The van der Waals surface area contributed by atoms with Gasteiger partial charge in [-0.05, 0) is 42.0 Å². The van der Waals surface area contributed by atoms with Gasteiger partial charge in [0.05, 0.1) is 24.2 Å². The summed E-state index contributed by atoms with van der Waals surface area (Å²) < 4.78 is 19.3. The summed E-state index contributed by atoms with van der Waals surface area (Å²) in [4.78, 5) is 12.8. The van der Waals surface area contributed by atoms with E-state index < -0.39 is 5.82 Å². The Labute approximate surface area is 166 Å². The number of furan rings is 1. The van der Waals surface area contributed by atoms with Crippen molar-refractivity contribution in [2.45, 2.75) is 12.5 Å². The molecule has 1 aliphatic heterocycles. The van der Waals surface area contributed by atoms with E-state index in [1.807, 2.05) is 18.2 Å². The number of para-hydroxylation sites is 1. The first-order chi connectivity index (χ1) is 13.6. The van der Waals surface area contributed by atoms with Crippen LogP contribution in [-0.2, 0) is 4.79 Å². The van der Waals surface area contributed by atoms with E-state index in [1.165, 1.54) is 11.1 Å². The zero-order chi connectivity index (χ0) is 19.5. The Bertz CT molecular complexity index is 1000. The molecule has 0 bridgehead atoms. The lowest BCUT2D eigenvalue weighted by Crippen LogP contribution is -2.32. The zero-order valence-corrected chi connectivity index (χ0v) is 15.6. The second-order valence-electron chi connectivity index (χ2n) is 6.36. The van der Waals surface area contributed by atoms with Gasteiger partial charge in [-0.2, -0.15) is 5.10 Å². The highest BCUT2D eigenvalue weighted by Gasteiger charge is 2.34. The Balaban J connectivity index is 1.56. The van der Waals surface area contributed by atoms with Gasteiger partial charge in [-0.3, -0.25) is 4.79 Å². The van der Waals surface area contributed by atoms with E-state index in [4.69, 9.17) is 16.0 Å². The Kier molecular flexibility index (Phi) is 5.12. The van der Waals surface area contributed by atoms with Crippen LogP contribution in [0.2, 0.25) is 5.02 Å². The quantitative estimate of drug-likeness (QED) is 0.668. The number of rotatable bonds is 5. The number of hydrogen-bond donors (Lipinski definition) is 1. The molecule has 0 spiro atoms. The summed E-state index contributed by atoms with van der Waals surface area (Å²) in [7, 11) is 0. The number of carbonyl (C=O) groups excluding carboxylic acids is 1. The fourth-order valence-electron chi connectivity index (χ4n) is 3.12. The first kappa shape index (κ1) is 18.3. The van der Waals surface area contributed by atoms with Crippen molar-refractivity contribution in [3.8, 4) is 0 Å². The number of anilines is 1. The lowest BCUT2D eigenvalue weighted by atomic mass is 10.0. The highest BCUT2D eigenvalue weighted by atomic mass is 35.5. The minimum atomic E-state index is -0.412. The van der Waals surface area contributed by atoms with E-state index >= 15 is 0 Å². The van der Waals surface area contributed by atoms with Crippen LogP contribution < -0.4 is 5.32 Å². The van der Waals surface area contributed by atoms with E-state index in [0.717, 1.165) is 11.3 Å². The van der Waals surface area contributed by atoms with Crippen LogP contribution in [0, 0.1) is 5.82 Å². The van der Waals surface area contributed by atoms with Gasteiger partial charge >= 0.3 is 0 Å². The summed E-state index contributed by atoms with van der Waals surface area (Å²) in [5.74, 6) is -0.0507. The predicted octanol–water partition coefficient (Wildman–Crippen LogP) is 4.86. The molecule has 7 heteroatoms. The van der Waals surface area contributed by atoms with Gasteiger partial charge in [0.1, 0.15) is 17.6 Å². The van der Waals surface area contributed by atoms with Crippen LogP contribution >= 0.6 is 11.6 Å². The van der Waals surface area contributed by atoms with Crippen LogP contribution in [-0.4, -0.2) is 23.2 Å². The third-order valence-electron chi connectivity index (χ3n) is 4.52. The number of hydrazone groups is 1. The minimum absolute atomic E-state index is 0.0878. The molecule has 1 aliphatic rings. The largest absolute Gasteiger partial charge is 0.467 e. The van der Waals surface area contributed by atoms with E-state index in [2.05, 4.69) is 10.4 Å². The molecule has 0 saturated heterocycles. The number of benzene rings is 2. The fraction of sp³-hybridized carbons (Fsp3) is 0.143. The molecular weight excluding hydrogens is 381 g/mol. The van der Waals surface area contributed by atoms with Crippen molar-refractivity contribution < 1.29 is 13.6 Å². The number of hydrogen-bond acceptors (Lipinski definition) is 4. The molecule has 1 N–H and O–H groups in total. The molecule has 28 heavy (non-hydrogen) atoms. The van der Waals surface area contributed by atoms with Crippen LogP contribution in [0.3, 0.4) is 0 Å². The van der Waals surface area contributed by atoms with Gasteiger partial charge in [0, 0.05) is 11.4 Å². The van der Waals surface area contributed by atoms with Gasteiger partial charge in [0.25, 0.3) is 5.91 Å². The average Bonchev–Trinajstić information content (AvgIpc) is 3.37. The molecule has 0 aliphatic carbocycles. The van der Waals surface area contributed by atoms with E-state index in [-0.39, 0.29) is 24.2 Å². The molecule has 3 aromatic rings. The maximum atomic E-state index is 13.8. The summed E-state index contributed by atoms with van der Waals surface area (Å²) in [5, 5.41) is 9.39. The molecule has 0 fully saturated rings. The van der Waals surface area contributed by atoms with Gasteiger partial charge in [-0.15, -0.1) is 0 Å². The standard InChI is InChI=1S/C21H17ClFN3O2/c22-15-9-7-14(8-10-15)18-12-19(20-6-3-11-28-20)26(25-18)21(27)13-24-17-5-2-1-4-16(17)23/h1-11,19,24H,12-13H2. The lowest BCUT2D eigenvalue weighted by molar-refractivity contribution is -0.131. The number of nitrogens with one attached hydrogen (secondary N) is 1. The van der Waals surface area contributed by atoms with Crippen molar-refractivity contribution in [3.05, 3.63) is 89.1 Å². The summed E-state index contributed by atoms with van der Waals surface area (Å²) in [6.07, 6.45) is 2.08. The molecule has 5 nitrogen and oxygen atoms in total. The monoisotopic (exact) mass is 397 g/mol. The van der Waals surface area contributed by atoms with Crippen molar-refractivity contribution in [1.82, 2.24) is 5.01 Å². The second kappa shape index (κ2) is 7.86. The molecule has 0 saturated carbocycles. The van der Waals surface area contributed by atoms with Gasteiger partial charge < -0.3 is 9.73 Å². The van der Waals surface area contributed by atoms with Gasteiger partial charge in [-0.1, -0.05) is 35.9 Å². The van der Waals surface area contributed by atoms with Crippen LogP contribution in [0.4, 0.5) is 10.1 Å². The molecule has 0 radical (unpaired) electrons. The fourth-order valence-corrected chi connectivity index (χ4v) is 3.24. The highest BCUT2D eigenvalue weighted by Crippen LogP contribution is 2.33. The van der Waals surface area contributed by atoms with Crippen LogP contribution in [0.5, 0.6) is 0 Å². The van der Waals surface area contributed by atoms with Crippen molar-refractivity contribution in [2.24, 2.45) is 5.10 Å². The Morgan fingerprint density at radius 1 is 1.18 bits per heavy atom. The molecular formula is C21H17ClFN3O2. The van der Waals surface area contributed by atoms with Crippen LogP contribution in [0.15, 0.2) is 76.4 Å². The predicted molar refractivity (Wildman–Crippen MR) is 106 cm³/mol. The van der Waals surface area contributed by atoms with E-state index in [0.29, 0.717) is 17.2 Å². The molecule has 1 atom stereocenters. The Hall–Kier alpha value is -3.12. The average molecular weight is 398 g/mol. The zero-order valence-electron chi connectivity index (χ0n) is 14.8. The summed E-state index contributed by atoms with van der Waals surface area (Å²) in [5.41, 5.74) is 1.92. The Morgan fingerprint density at radius 3 is 2.68 bits per heavy atom. The molecule has 2 aromatic carbocycles. The van der Waals surface area contributed by atoms with Gasteiger partial charge in [-0.25, -0.2) is 9.40 Å². The van der Waals surface area contributed by atoms with Crippen molar-refractivity contribution in [3.63, 3.8) is 0 Å². The first-order valence-electron chi connectivity index (χ1n) is 8.79. The van der Waals surface area contributed by atoms with Crippen molar-refractivity contribution in [1.29, 1.82) is 0 Å². The van der Waals surface area contributed by atoms with Crippen molar-refractivity contribution >= 4 is 28.9 Å². The van der Waals surface area contributed by atoms with Crippen LogP contribution in [0.1, 0.15) is 23.8 Å². The normalized spacial score (nSPS) is 16.1. The Morgan fingerprint density at radius 2 is 1.96 bits per heavy atom. The van der Waals surface area contributed by atoms with E-state index in [9.17, 15) is 9.18 Å². The van der Waals surface area contributed by atoms with Crippen LogP contribution in [0.25, 0.3) is 0 Å². The third-order valence-corrected chi connectivity index (χ3v) is 4.77. The number of amides is 1.